The quantitative estimate of drug-likeness (QED) is 0.579. The van der Waals surface area contributed by atoms with Gasteiger partial charge >= 0.3 is 0 Å². The molecule has 0 spiro atoms. The fourth-order valence-electron chi connectivity index (χ4n) is 1.58. The van der Waals surface area contributed by atoms with E-state index in [2.05, 4.69) is 32.3 Å². The molecule has 0 saturated carbocycles. The summed E-state index contributed by atoms with van der Waals surface area (Å²) in [6.07, 6.45) is 5.16. The third kappa shape index (κ3) is 5.85. The van der Waals surface area contributed by atoms with E-state index >= 15 is 0 Å². The van der Waals surface area contributed by atoms with Crippen LogP contribution in [-0.2, 0) is 0 Å². The minimum absolute atomic E-state index is 0.793. The predicted molar refractivity (Wildman–Crippen MR) is 65.3 cm³/mol. The second kappa shape index (κ2) is 7.66. The summed E-state index contributed by atoms with van der Waals surface area (Å²) in [5, 5.41) is 3.36. The Morgan fingerprint density at radius 2 is 1.64 bits per heavy atom. The standard InChI is InChI=1S/C13H25N/c1-6-8-13(9-7-2)10-14-12(5)11(3)4/h13-14H,3,5-10H2,1-2,4H3. The highest BCUT2D eigenvalue weighted by Gasteiger charge is 2.06. The highest BCUT2D eigenvalue weighted by Crippen LogP contribution is 2.13. The van der Waals surface area contributed by atoms with Crippen LogP contribution in [-0.4, -0.2) is 6.54 Å². The van der Waals surface area contributed by atoms with E-state index in [1.54, 1.807) is 0 Å². The summed E-state index contributed by atoms with van der Waals surface area (Å²) in [5.74, 6) is 0.793. The smallest absolute Gasteiger partial charge is 0.0290 e. The van der Waals surface area contributed by atoms with Crippen LogP contribution in [0.1, 0.15) is 46.5 Å². The van der Waals surface area contributed by atoms with Crippen molar-refractivity contribution in [3.63, 3.8) is 0 Å². The van der Waals surface area contributed by atoms with Crippen molar-refractivity contribution in [2.75, 3.05) is 6.54 Å². The highest BCUT2D eigenvalue weighted by atomic mass is 14.9. The Morgan fingerprint density at radius 1 is 1.14 bits per heavy atom. The summed E-state index contributed by atoms with van der Waals surface area (Å²) in [6.45, 7) is 15.3. The largest absolute Gasteiger partial charge is 0.385 e. The number of nitrogens with one attached hydrogen (secondary N) is 1. The minimum Gasteiger partial charge on any atom is -0.385 e. The van der Waals surface area contributed by atoms with Gasteiger partial charge in [0, 0.05) is 12.2 Å². The lowest BCUT2D eigenvalue weighted by molar-refractivity contribution is 0.426. The average Bonchev–Trinajstić information content (AvgIpc) is 2.14. The van der Waals surface area contributed by atoms with Gasteiger partial charge in [0.1, 0.15) is 0 Å². The van der Waals surface area contributed by atoms with Gasteiger partial charge in [-0.25, -0.2) is 0 Å². The summed E-state index contributed by atoms with van der Waals surface area (Å²) in [5.41, 5.74) is 2.03. The maximum absolute atomic E-state index is 3.94. The Morgan fingerprint density at radius 3 is 2.00 bits per heavy atom. The SMILES string of the molecule is C=C(C)C(=C)NCC(CCC)CCC. The molecule has 0 amide bonds. The van der Waals surface area contributed by atoms with Gasteiger partial charge in [-0.1, -0.05) is 39.8 Å². The lowest BCUT2D eigenvalue weighted by Crippen LogP contribution is -2.22. The molecule has 0 heterocycles. The second-order valence-electron chi connectivity index (χ2n) is 4.08. The minimum atomic E-state index is 0.793. The van der Waals surface area contributed by atoms with Gasteiger partial charge in [0.2, 0.25) is 0 Å². The van der Waals surface area contributed by atoms with Gasteiger partial charge in [-0.15, -0.1) is 0 Å². The van der Waals surface area contributed by atoms with Crippen LogP contribution in [0.4, 0.5) is 0 Å². The topological polar surface area (TPSA) is 12.0 Å². The van der Waals surface area contributed by atoms with Crippen LogP contribution in [0.5, 0.6) is 0 Å². The van der Waals surface area contributed by atoms with Gasteiger partial charge in [0.15, 0.2) is 0 Å². The van der Waals surface area contributed by atoms with Crippen LogP contribution in [0.15, 0.2) is 24.4 Å². The Hall–Kier alpha value is -0.720. The average molecular weight is 195 g/mol. The highest BCUT2D eigenvalue weighted by molar-refractivity contribution is 5.20. The Kier molecular flexibility index (Phi) is 7.27. The first kappa shape index (κ1) is 13.3. The Labute approximate surface area is 89.3 Å². The van der Waals surface area contributed by atoms with Crippen LogP contribution in [0, 0.1) is 5.92 Å². The van der Waals surface area contributed by atoms with E-state index in [9.17, 15) is 0 Å². The molecule has 0 saturated heterocycles. The third-order valence-corrected chi connectivity index (χ3v) is 2.51. The molecule has 0 aliphatic carbocycles. The first-order valence-corrected chi connectivity index (χ1v) is 5.70. The maximum atomic E-state index is 3.94. The fourth-order valence-corrected chi connectivity index (χ4v) is 1.58. The molecular weight excluding hydrogens is 170 g/mol. The summed E-state index contributed by atoms with van der Waals surface area (Å²) in [7, 11) is 0. The monoisotopic (exact) mass is 195 g/mol. The van der Waals surface area contributed by atoms with Crippen molar-refractivity contribution in [1.82, 2.24) is 5.32 Å². The number of allylic oxidation sites excluding steroid dienone is 1. The molecule has 0 rings (SSSR count). The van der Waals surface area contributed by atoms with Gasteiger partial charge in [0.25, 0.3) is 0 Å². The molecule has 1 heteroatoms. The zero-order valence-electron chi connectivity index (χ0n) is 10.0. The summed E-state index contributed by atoms with van der Waals surface area (Å²) < 4.78 is 0. The van der Waals surface area contributed by atoms with Crippen LogP contribution < -0.4 is 5.32 Å². The Bertz CT molecular complexity index is 176. The van der Waals surface area contributed by atoms with Gasteiger partial charge < -0.3 is 5.32 Å². The predicted octanol–water partition coefficient (Wildman–Crippen LogP) is 3.88. The first-order valence-electron chi connectivity index (χ1n) is 5.70. The van der Waals surface area contributed by atoms with Crippen molar-refractivity contribution >= 4 is 0 Å². The van der Waals surface area contributed by atoms with Gasteiger partial charge in [-0.05, 0) is 31.3 Å². The van der Waals surface area contributed by atoms with Crippen molar-refractivity contribution in [2.45, 2.75) is 46.5 Å². The van der Waals surface area contributed by atoms with Gasteiger partial charge in [-0.2, -0.15) is 0 Å². The molecule has 0 unspecified atom stereocenters. The van der Waals surface area contributed by atoms with E-state index in [4.69, 9.17) is 0 Å². The molecule has 0 aromatic heterocycles. The molecule has 0 fully saturated rings. The van der Waals surface area contributed by atoms with E-state index in [1.165, 1.54) is 25.7 Å². The molecule has 82 valence electrons. The fraction of sp³-hybridized carbons (Fsp3) is 0.692. The molecule has 0 atom stereocenters. The number of hydrogen-bond acceptors (Lipinski definition) is 1. The van der Waals surface area contributed by atoms with Crippen LogP contribution in [0.3, 0.4) is 0 Å². The molecule has 0 aliphatic heterocycles. The van der Waals surface area contributed by atoms with Crippen molar-refractivity contribution in [3.8, 4) is 0 Å². The second-order valence-corrected chi connectivity index (χ2v) is 4.08. The van der Waals surface area contributed by atoms with E-state index in [0.29, 0.717) is 0 Å². The van der Waals surface area contributed by atoms with Crippen LogP contribution in [0.25, 0.3) is 0 Å². The molecule has 14 heavy (non-hydrogen) atoms. The van der Waals surface area contributed by atoms with Crippen molar-refractivity contribution < 1.29 is 0 Å². The van der Waals surface area contributed by atoms with Gasteiger partial charge in [0.05, 0.1) is 0 Å². The third-order valence-electron chi connectivity index (χ3n) is 2.51. The maximum Gasteiger partial charge on any atom is 0.0290 e. The summed E-state index contributed by atoms with van der Waals surface area (Å²) in [4.78, 5) is 0. The van der Waals surface area contributed by atoms with Crippen molar-refractivity contribution in [1.29, 1.82) is 0 Å². The van der Waals surface area contributed by atoms with E-state index in [1.807, 2.05) is 6.92 Å². The number of rotatable bonds is 8. The number of hydrogen-bond donors (Lipinski definition) is 1. The van der Waals surface area contributed by atoms with Gasteiger partial charge in [-0.3, -0.25) is 0 Å². The van der Waals surface area contributed by atoms with Crippen molar-refractivity contribution in [2.24, 2.45) is 5.92 Å². The normalized spacial score (nSPS) is 10.3. The molecule has 0 aromatic carbocycles. The lowest BCUT2D eigenvalue weighted by Gasteiger charge is -2.17. The van der Waals surface area contributed by atoms with E-state index in [-0.39, 0.29) is 0 Å². The Balaban J connectivity index is 3.80. The molecule has 0 bridgehead atoms. The zero-order chi connectivity index (χ0) is 11.0. The molecule has 1 N–H and O–H groups in total. The lowest BCUT2D eigenvalue weighted by atomic mass is 9.98. The molecule has 0 aliphatic rings. The summed E-state index contributed by atoms with van der Waals surface area (Å²) in [6, 6.07) is 0. The summed E-state index contributed by atoms with van der Waals surface area (Å²) >= 11 is 0. The van der Waals surface area contributed by atoms with E-state index in [0.717, 1.165) is 23.7 Å². The van der Waals surface area contributed by atoms with Crippen LogP contribution in [0.2, 0.25) is 0 Å². The molecular formula is C13H25N. The first-order chi connectivity index (χ1) is 6.61. The molecule has 1 nitrogen and oxygen atoms in total. The van der Waals surface area contributed by atoms with E-state index < -0.39 is 0 Å². The van der Waals surface area contributed by atoms with Crippen LogP contribution >= 0.6 is 0 Å². The van der Waals surface area contributed by atoms with Crippen molar-refractivity contribution in [3.05, 3.63) is 24.4 Å². The zero-order valence-corrected chi connectivity index (χ0v) is 10.0. The molecule has 0 radical (unpaired) electrons. The molecule has 0 aromatic rings.